The first-order chi connectivity index (χ1) is 6.11. The quantitative estimate of drug-likeness (QED) is 0.370. The molecule has 0 spiro atoms. The molecule has 0 aromatic rings. The molecule has 3 nitrogen and oxygen atoms in total. The van der Waals surface area contributed by atoms with Crippen LogP contribution in [0.5, 0.6) is 0 Å². The third kappa shape index (κ3) is 5.20. The first-order valence-corrected chi connectivity index (χ1v) is 4.21. The lowest BCUT2D eigenvalue weighted by molar-refractivity contribution is -0.162. The Hall–Kier alpha value is -1.09. The summed E-state index contributed by atoms with van der Waals surface area (Å²) >= 11 is 0. The number of allylic oxidation sites excluding steroid dienone is 2. The largest absolute Gasteiger partial charge is 0.274 e. The number of rotatable bonds is 5. The highest BCUT2D eigenvalue weighted by Crippen LogP contribution is 2.04. The van der Waals surface area contributed by atoms with Gasteiger partial charge in [0.25, 0.3) is 5.91 Å². The molecule has 0 atom stereocenters. The van der Waals surface area contributed by atoms with E-state index in [1.165, 1.54) is 12.2 Å². The highest BCUT2D eigenvalue weighted by molar-refractivity contribution is 5.87. The topological polar surface area (TPSA) is 29.5 Å². The van der Waals surface area contributed by atoms with Crippen LogP contribution in [0.15, 0.2) is 24.3 Å². The van der Waals surface area contributed by atoms with Gasteiger partial charge in [0.1, 0.15) is 0 Å². The van der Waals surface area contributed by atoms with Gasteiger partial charge >= 0.3 is 0 Å². The molecule has 0 bridgehead atoms. The third-order valence-corrected chi connectivity index (χ3v) is 1.70. The second-order valence-electron chi connectivity index (χ2n) is 2.84. The molecule has 0 aliphatic heterocycles. The Kier molecular flexibility index (Phi) is 5.89. The zero-order chi connectivity index (χ0) is 10.3. The average Bonchev–Trinajstić information content (AvgIpc) is 2.13. The van der Waals surface area contributed by atoms with Gasteiger partial charge in [0, 0.05) is 13.1 Å². The van der Waals surface area contributed by atoms with Crippen molar-refractivity contribution in [3.8, 4) is 0 Å². The SMILES string of the molecule is C=CCCC(C)=CC(=O)N(C)OC. The van der Waals surface area contributed by atoms with Crippen LogP contribution in [-0.4, -0.2) is 25.1 Å². The van der Waals surface area contributed by atoms with E-state index in [9.17, 15) is 4.79 Å². The highest BCUT2D eigenvalue weighted by atomic mass is 16.7. The third-order valence-electron chi connectivity index (χ3n) is 1.70. The Bertz CT molecular complexity index is 209. The molecule has 0 radical (unpaired) electrons. The summed E-state index contributed by atoms with van der Waals surface area (Å²) in [5.74, 6) is -0.135. The van der Waals surface area contributed by atoms with Crippen LogP contribution in [0.1, 0.15) is 19.8 Å². The van der Waals surface area contributed by atoms with Crippen LogP contribution in [0.2, 0.25) is 0 Å². The van der Waals surface area contributed by atoms with Gasteiger partial charge in [-0.15, -0.1) is 6.58 Å². The number of hydrogen-bond acceptors (Lipinski definition) is 2. The highest BCUT2D eigenvalue weighted by Gasteiger charge is 2.03. The Morgan fingerprint density at radius 2 is 2.23 bits per heavy atom. The molecule has 74 valence electrons. The van der Waals surface area contributed by atoms with Gasteiger partial charge in [-0.25, -0.2) is 5.06 Å². The van der Waals surface area contributed by atoms with Crippen molar-refractivity contribution in [2.75, 3.05) is 14.2 Å². The van der Waals surface area contributed by atoms with Crippen LogP contribution >= 0.6 is 0 Å². The molecule has 0 fully saturated rings. The molecular weight excluding hydrogens is 166 g/mol. The lowest BCUT2D eigenvalue weighted by atomic mass is 10.1. The molecule has 0 rings (SSSR count). The number of nitrogens with zero attached hydrogens (tertiary/aromatic N) is 1. The molecule has 0 unspecified atom stereocenters. The lowest BCUT2D eigenvalue weighted by Gasteiger charge is -2.11. The predicted octanol–water partition coefficient (Wildman–Crippen LogP) is 1.92. The Morgan fingerprint density at radius 1 is 1.62 bits per heavy atom. The van der Waals surface area contributed by atoms with E-state index >= 15 is 0 Å². The van der Waals surface area contributed by atoms with Crippen LogP contribution in [0.25, 0.3) is 0 Å². The smallest absolute Gasteiger partial charge is 0.269 e. The second kappa shape index (κ2) is 6.43. The van der Waals surface area contributed by atoms with Crippen molar-refractivity contribution in [2.45, 2.75) is 19.8 Å². The van der Waals surface area contributed by atoms with Crippen LogP contribution in [0.4, 0.5) is 0 Å². The number of amides is 1. The van der Waals surface area contributed by atoms with E-state index in [2.05, 4.69) is 6.58 Å². The van der Waals surface area contributed by atoms with Crippen molar-refractivity contribution in [3.63, 3.8) is 0 Å². The van der Waals surface area contributed by atoms with Gasteiger partial charge in [0.15, 0.2) is 0 Å². The molecule has 1 amide bonds. The molecule has 0 aromatic heterocycles. The maximum absolute atomic E-state index is 11.2. The molecule has 0 saturated carbocycles. The second-order valence-corrected chi connectivity index (χ2v) is 2.84. The van der Waals surface area contributed by atoms with E-state index in [1.54, 1.807) is 13.1 Å². The van der Waals surface area contributed by atoms with Crippen molar-refractivity contribution >= 4 is 5.91 Å². The molecule has 0 N–H and O–H groups in total. The van der Waals surface area contributed by atoms with Crippen molar-refractivity contribution in [2.24, 2.45) is 0 Å². The minimum atomic E-state index is -0.135. The Balaban J connectivity index is 4.05. The van der Waals surface area contributed by atoms with Crippen molar-refractivity contribution < 1.29 is 9.63 Å². The minimum Gasteiger partial charge on any atom is -0.274 e. The first kappa shape index (κ1) is 11.9. The van der Waals surface area contributed by atoms with Crippen molar-refractivity contribution in [3.05, 3.63) is 24.3 Å². The molecule has 0 aromatic carbocycles. The first-order valence-electron chi connectivity index (χ1n) is 4.21. The van der Waals surface area contributed by atoms with E-state index in [4.69, 9.17) is 4.84 Å². The fourth-order valence-electron chi connectivity index (χ4n) is 0.794. The van der Waals surface area contributed by atoms with Gasteiger partial charge < -0.3 is 0 Å². The van der Waals surface area contributed by atoms with Crippen molar-refractivity contribution in [1.82, 2.24) is 5.06 Å². The molecule has 0 aliphatic rings. The Morgan fingerprint density at radius 3 is 2.69 bits per heavy atom. The molecule has 3 heteroatoms. The number of likely N-dealkylation sites (N-methyl/N-ethyl adjacent to an activating group) is 1. The summed E-state index contributed by atoms with van der Waals surface area (Å²) in [6.07, 6.45) is 5.17. The van der Waals surface area contributed by atoms with Gasteiger partial charge in [-0.1, -0.05) is 11.6 Å². The summed E-state index contributed by atoms with van der Waals surface area (Å²) in [6.45, 7) is 5.54. The van der Waals surface area contributed by atoms with Crippen LogP contribution in [0, 0.1) is 0 Å². The average molecular weight is 183 g/mol. The van der Waals surface area contributed by atoms with E-state index < -0.39 is 0 Å². The summed E-state index contributed by atoms with van der Waals surface area (Å²) in [5.41, 5.74) is 1.04. The number of hydroxylamine groups is 2. The lowest BCUT2D eigenvalue weighted by Crippen LogP contribution is -2.23. The fraction of sp³-hybridized carbons (Fsp3) is 0.500. The van der Waals surface area contributed by atoms with E-state index in [1.807, 2.05) is 13.0 Å². The molecule has 0 heterocycles. The molecule has 0 aliphatic carbocycles. The van der Waals surface area contributed by atoms with E-state index in [0.29, 0.717) is 0 Å². The number of hydrogen-bond donors (Lipinski definition) is 0. The normalized spacial score (nSPS) is 11.2. The van der Waals surface area contributed by atoms with Crippen LogP contribution in [-0.2, 0) is 9.63 Å². The zero-order valence-electron chi connectivity index (χ0n) is 8.54. The standard InChI is InChI=1S/C10H17NO2/c1-5-6-7-9(2)8-10(12)11(3)13-4/h5,8H,1,6-7H2,2-4H3. The summed E-state index contributed by atoms with van der Waals surface area (Å²) in [6, 6.07) is 0. The molecule has 0 saturated heterocycles. The number of carbonyl (C=O) groups is 1. The maximum atomic E-state index is 11.2. The van der Waals surface area contributed by atoms with E-state index in [0.717, 1.165) is 18.4 Å². The summed E-state index contributed by atoms with van der Waals surface area (Å²) in [4.78, 5) is 16.0. The maximum Gasteiger partial charge on any atom is 0.269 e. The predicted molar refractivity (Wildman–Crippen MR) is 53.0 cm³/mol. The Labute approximate surface area is 79.6 Å². The van der Waals surface area contributed by atoms with E-state index in [-0.39, 0.29) is 5.91 Å². The van der Waals surface area contributed by atoms with Gasteiger partial charge in [0.2, 0.25) is 0 Å². The van der Waals surface area contributed by atoms with Crippen LogP contribution < -0.4 is 0 Å². The number of carbonyl (C=O) groups excluding carboxylic acids is 1. The minimum absolute atomic E-state index is 0.135. The summed E-state index contributed by atoms with van der Waals surface area (Å²) in [7, 11) is 3.05. The van der Waals surface area contributed by atoms with Gasteiger partial charge in [-0.2, -0.15) is 0 Å². The molecular formula is C10H17NO2. The zero-order valence-corrected chi connectivity index (χ0v) is 8.54. The van der Waals surface area contributed by atoms with Gasteiger partial charge in [0.05, 0.1) is 7.11 Å². The molecule has 13 heavy (non-hydrogen) atoms. The summed E-state index contributed by atoms with van der Waals surface area (Å²) in [5, 5.41) is 1.19. The van der Waals surface area contributed by atoms with Crippen LogP contribution in [0.3, 0.4) is 0 Å². The summed E-state index contributed by atoms with van der Waals surface area (Å²) < 4.78 is 0. The van der Waals surface area contributed by atoms with Crippen molar-refractivity contribution in [1.29, 1.82) is 0 Å². The van der Waals surface area contributed by atoms with Gasteiger partial charge in [-0.05, 0) is 19.8 Å². The fourth-order valence-corrected chi connectivity index (χ4v) is 0.794. The monoisotopic (exact) mass is 183 g/mol. The van der Waals surface area contributed by atoms with Gasteiger partial charge in [-0.3, -0.25) is 9.63 Å².